The minimum Gasteiger partial charge on any atom is -0.544 e. The Morgan fingerprint density at radius 1 is 1.42 bits per heavy atom. The SMILES string of the molecule is Cc1nc(CCOc2ccc(Cl)cc2)sc1C(=O)[O-]. The predicted octanol–water partition coefficient (Wildman–Crippen LogP) is 2.09. The number of carboxylic acid groups (broad SMARTS) is 1. The first kappa shape index (κ1) is 13.8. The van der Waals surface area contributed by atoms with Crippen molar-refractivity contribution < 1.29 is 14.6 Å². The van der Waals surface area contributed by atoms with E-state index in [9.17, 15) is 9.90 Å². The van der Waals surface area contributed by atoms with Gasteiger partial charge >= 0.3 is 0 Å². The quantitative estimate of drug-likeness (QED) is 0.847. The molecule has 0 atom stereocenters. The van der Waals surface area contributed by atoms with Crippen LogP contribution in [0.1, 0.15) is 20.4 Å². The Labute approximate surface area is 119 Å². The van der Waals surface area contributed by atoms with E-state index in [4.69, 9.17) is 16.3 Å². The number of rotatable bonds is 5. The van der Waals surface area contributed by atoms with Crippen molar-refractivity contribution in [3.63, 3.8) is 0 Å². The highest BCUT2D eigenvalue weighted by Gasteiger charge is 2.08. The summed E-state index contributed by atoms with van der Waals surface area (Å²) in [6.07, 6.45) is 0.557. The van der Waals surface area contributed by atoms with E-state index in [2.05, 4.69) is 4.98 Å². The van der Waals surface area contributed by atoms with Gasteiger partial charge in [-0.15, -0.1) is 11.3 Å². The van der Waals surface area contributed by atoms with Crippen LogP contribution >= 0.6 is 22.9 Å². The molecule has 1 heterocycles. The lowest BCUT2D eigenvalue weighted by atomic mass is 10.3. The Balaban J connectivity index is 1.90. The third-order valence-electron chi connectivity index (χ3n) is 2.42. The maximum absolute atomic E-state index is 10.8. The minimum atomic E-state index is -1.18. The monoisotopic (exact) mass is 296 g/mol. The number of benzene rings is 1. The average molecular weight is 297 g/mol. The van der Waals surface area contributed by atoms with Crippen LogP contribution in [0.2, 0.25) is 5.02 Å². The number of hydrogen-bond donors (Lipinski definition) is 0. The fourth-order valence-corrected chi connectivity index (χ4v) is 2.54. The van der Waals surface area contributed by atoms with Crippen LogP contribution in [0.5, 0.6) is 5.75 Å². The first-order chi connectivity index (χ1) is 9.06. The van der Waals surface area contributed by atoms with Gasteiger partial charge in [0.2, 0.25) is 0 Å². The van der Waals surface area contributed by atoms with Gasteiger partial charge < -0.3 is 14.6 Å². The van der Waals surface area contributed by atoms with E-state index in [1.165, 1.54) is 0 Å². The second-order valence-electron chi connectivity index (χ2n) is 3.86. The molecule has 0 N–H and O–H groups in total. The Bertz CT molecular complexity index is 580. The number of carboxylic acids is 1. The van der Waals surface area contributed by atoms with Gasteiger partial charge in [-0.2, -0.15) is 0 Å². The van der Waals surface area contributed by atoms with Gasteiger partial charge in [0, 0.05) is 11.4 Å². The van der Waals surface area contributed by atoms with E-state index in [-0.39, 0.29) is 4.88 Å². The molecule has 100 valence electrons. The van der Waals surface area contributed by atoms with E-state index in [0.717, 1.165) is 22.1 Å². The molecule has 0 aliphatic carbocycles. The molecule has 0 saturated carbocycles. The number of carbonyl (C=O) groups is 1. The topological polar surface area (TPSA) is 62.2 Å². The van der Waals surface area contributed by atoms with Gasteiger partial charge in [0.1, 0.15) is 5.75 Å². The summed E-state index contributed by atoms with van der Waals surface area (Å²) in [5.41, 5.74) is 0.492. The lowest BCUT2D eigenvalue weighted by Crippen LogP contribution is -2.21. The lowest BCUT2D eigenvalue weighted by molar-refractivity contribution is -0.254. The van der Waals surface area contributed by atoms with Gasteiger partial charge in [-0.3, -0.25) is 0 Å². The molecule has 19 heavy (non-hydrogen) atoms. The highest BCUT2D eigenvalue weighted by Crippen LogP contribution is 2.19. The molecule has 0 unspecified atom stereocenters. The number of aromatic carboxylic acids is 1. The van der Waals surface area contributed by atoms with E-state index < -0.39 is 5.97 Å². The zero-order chi connectivity index (χ0) is 13.8. The fourth-order valence-electron chi connectivity index (χ4n) is 1.54. The summed E-state index contributed by atoms with van der Waals surface area (Å²) in [4.78, 5) is 15.1. The first-order valence-electron chi connectivity index (χ1n) is 5.62. The van der Waals surface area contributed by atoms with Gasteiger partial charge in [0.15, 0.2) is 0 Å². The Hall–Kier alpha value is -1.59. The lowest BCUT2D eigenvalue weighted by Gasteiger charge is -2.04. The number of hydrogen-bond acceptors (Lipinski definition) is 5. The molecule has 0 radical (unpaired) electrons. The standard InChI is InChI=1S/C13H12ClNO3S/c1-8-12(13(16)17)19-11(15-8)6-7-18-10-4-2-9(14)3-5-10/h2-5H,6-7H2,1H3,(H,16,17)/p-1. The number of aromatic nitrogens is 1. The van der Waals surface area contributed by atoms with Crippen molar-refractivity contribution in [2.75, 3.05) is 6.61 Å². The van der Waals surface area contributed by atoms with Crippen molar-refractivity contribution in [2.24, 2.45) is 0 Å². The molecule has 0 aliphatic rings. The molecular formula is C13H11ClNO3S-. The molecule has 4 nitrogen and oxygen atoms in total. The van der Waals surface area contributed by atoms with Crippen LogP contribution in [0.25, 0.3) is 0 Å². The van der Waals surface area contributed by atoms with Crippen LogP contribution in [0.15, 0.2) is 24.3 Å². The molecule has 2 rings (SSSR count). The van der Waals surface area contributed by atoms with Gasteiger partial charge in [-0.05, 0) is 31.2 Å². The third-order valence-corrected chi connectivity index (χ3v) is 3.87. The first-order valence-corrected chi connectivity index (χ1v) is 6.81. The molecule has 1 aromatic carbocycles. The van der Waals surface area contributed by atoms with Gasteiger partial charge in [-0.25, -0.2) is 4.98 Å². The molecule has 6 heteroatoms. The summed E-state index contributed by atoms with van der Waals surface area (Å²) in [6, 6.07) is 7.06. The molecule has 0 bridgehead atoms. The Morgan fingerprint density at radius 2 is 2.11 bits per heavy atom. The van der Waals surface area contributed by atoms with Gasteiger partial charge in [0.05, 0.1) is 28.2 Å². The number of halogens is 1. The maximum atomic E-state index is 10.8. The number of thiazole rings is 1. The molecule has 0 aliphatic heterocycles. The molecular weight excluding hydrogens is 286 g/mol. The van der Waals surface area contributed by atoms with Crippen LogP contribution in [-0.4, -0.2) is 17.6 Å². The van der Waals surface area contributed by atoms with Crippen molar-refractivity contribution in [2.45, 2.75) is 13.3 Å². The fraction of sp³-hybridized carbons (Fsp3) is 0.231. The zero-order valence-electron chi connectivity index (χ0n) is 10.2. The molecule has 0 saturated heterocycles. The number of nitrogens with zero attached hydrogens (tertiary/aromatic N) is 1. The van der Waals surface area contributed by atoms with Crippen LogP contribution in [-0.2, 0) is 6.42 Å². The molecule has 0 spiro atoms. The van der Waals surface area contributed by atoms with Crippen LogP contribution in [0.4, 0.5) is 0 Å². The highest BCUT2D eigenvalue weighted by molar-refractivity contribution is 7.13. The third kappa shape index (κ3) is 3.68. The van der Waals surface area contributed by atoms with E-state index in [0.29, 0.717) is 23.7 Å². The van der Waals surface area contributed by atoms with E-state index >= 15 is 0 Å². The molecule has 1 aromatic heterocycles. The van der Waals surface area contributed by atoms with Crippen molar-refractivity contribution >= 4 is 28.9 Å². The van der Waals surface area contributed by atoms with E-state index in [1.54, 1.807) is 31.2 Å². The largest absolute Gasteiger partial charge is 0.544 e. The number of ether oxygens (including phenoxy) is 1. The normalized spacial score (nSPS) is 10.4. The summed E-state index contributed by atoms with van der Waals surface area (Å²) in [6.45, 7) is 2.09. The summed E-state index contributed by atoms with van der Waals surface area (Å²) in [7, 11) is 0. The second kappa shape index (κ2) is 6.04. The minimum absolute atomic E-state index is 0.182. The van der Waals surface area contributed by atoms with Crippen molar-refractivity contribution in [1.82, 2.24) is 4.98 Å². The summed E-state index contributed by atoms with van der Waals surface area (Å²) >= 11 is 6.90. The van der Waals surface area contributed by atoms with Crippen molar-refractivity contribution in [3.8, 4) is 5.75 Å². The van der Waals surface area contributed by atoms with Crippen LogP contribution < -0.4 is 9.84 Å². The second-order valence-corrected chi connectivity index (χ2v) is 5.38. The van der Waals surface area contributed by atoms with Gasteiger partial charge in [-0.1, -0.05) is 11.6 Å². The highest BCUT2D eigenvalue weighted by atomic mass is 35.5. The number of carbonyl (C=O) groups excluding carboxylic acids is 1. The zero-order valence-corrected chi connectivity index (χ0v) is 11.8. The van der Waals surface area contributed by atoms with Crippen molar-refractivity contribution in [1.29, 1.82) is 0 Å². The summed E-state index contributed by atoms with van der Waals surface area (Å²) < 4.78 is 5.52. The van der Waals surface area contributed by atoms with Gasteiger partial charge in [0.25, 0.3) is 0 Å². The smallest absolute Gasteiger partial charge is 0.119 e. The van der Waals surface area contributed by atoms with E-state index in [1.807, 2.05) is 0 Å². The number of aryl methyl sites for hydroxylation is 1. The summed E-state index contributed by atoms with van der Waals surface area (Å²) in [5, 5.41) is 12.2. The van der Waals surface area contributed by atoms with Crippen LogP contribution in [0, 0.1) is 6.92 Å². The maximum Gasteiger partial charge on any atom is 0.119 e. The molecule has 0 fully saturated rings. The molecule has 0 amide bonds. The Kier molecular flexibility index (Phi) is 4.39. The van der Waals surface area contributed by atoms with Crippen LogP contribution in [0.3, 0.4) is 0 Å². The Morgan fingerprint density at radius 3 is 2.68 bits per heavy atom. The molecule has 2 aromatic rings. The average Bonchev–Trinajstić information content (AvgIpc) is 2.73. The van der Waals surface area contributed by atoms with Crippen molar-refractivity contribution in [3.05, 3.63) is 44.9 Å². The summed E-state index contributed by atoms with van der Waals surface area (Å²) in [5.74, 6) is -0.460. The predicted molar refractivity (Wildman–Crippen MR) is 71.8 cm³/mol.